The van der Waals surface area contributed by atoms with Gasteiger partial charge in [0.05, 0.1) is 16.4 Å². The molecule has 1 saturated heterocycles. The highest BCUT2D eigenvalue weighted by Gasteiger charge is 2.39. The van der Waals surface area contributed by atoms with Gasteiger partial charge in [0.1, 0.15) is 0 Å². The van der Waals surface area contributed by atoms with Crippen molar-refractivity contribution in [1.29, 1.82) is 0 Å². The molecule has 5 nitrogen and oxygen atoms in total. The molecule has 0 aromatic heterocycles. The predicted octanol–water partition coefficient (Wildman–Crippen LogP) is 3.57. The van der Waals surface area contributed by atoms with Gasteiger partial charge >= 0.3 is 0 Å². The van der Waals surface area contributed by atoms with E-state index in [-0.39, 0.29) is 22.3 Å². The van der Waals surface area contributed by atoms with Crippen molar-refractivity contribution >= 4 is 19.9 Å². The molecule has 1 atom stereocenters. The van der Waals surface area contributed by atoms with E-state index in [9.17, 15) is 16.8 Å². The summed E-state index contributed by atoms with van der Waals surface area (Å²) in [6, 6.07) is 6.84. The fourth-order valence-corrected chi connectivity index (χ4v) is 7.93. The van der Waals surface area contributed by atoms with Crippen LogP contribution in [0.15, 0.2) is 29.2 Å². The fraction of sp³-hybridized carbons (Fsp3) is 0.700. The first-order valence-electron chi connectivity index (χ1n) is 10.0. The van der Waals surface area contributed by atoms with Crippen LogP contribution in [0.4, 0.5) is 0 Å². The van der Waals surface area contributed by atoms with Gasteiger partial charge in [-0.05, 0) is 48.8 Å². The van der Waals surface area contributed by atoms with Crippen LogP contribution >= 0.6 is 0 Å². The molecule has 0 radical (unpaired) electrons. The van der Waals surface area contributed by atoms with Crippen LogP contribution in [0.1, 0.15) is 63.9 Å². The Morgan fingerprint density at radius 3 is 2.19 bits per heavy atom. The summed E-state index contributed by atoms with van der Waals surface area (Å²) in [5.74, 6) is 0.661. The van der Waals surface area contributed by atoms with Crippen molar-refractivity contribution in [3.63, 3.8) is 0 Å². The molecule has 0 spiro atoms. The third-order valence-corrected chi connectivity index (χ3v) is 9.41. The number of hydrogen-bond donors (Lipinski definition) is 0. The third kappa shape index (κ3) is 4.93. The highest BCUT2D eigenvalue weighted by Crippen LogP contribution is 2.33. The van der Waals surface area contributed by atoms with E-state index in [4.69, 9.17) is 0 Å². The monoisotopic (exact) mass is 413 g/mol. The highest BCUT2D eigenvalue weighted by atomic mass is 32.2. The Morgan fingerprint density at radius 2 is 1.67 bits per heavy atom. The lowest BCUT2D eigenvalue weighted by Gasteiger charge is -2.29. The first-order chi connectivity index (χ1) is 12.7. The van der Waals surface area contributed by atoms with E-state index in [0.29, 0.717) is 18.9 Å². The van der Waals surface area contributed by atoms with Crippen molar-refractivity contribution in [1.82, 2.24) is 4.31 Å². The van der Waals surface area contributed by atoms with Gasteiger partial charge in [-0.3, -0.25) is 0 Å². The van der Waals surface area contributed by atoms with E-state index < -0.39 is 25.9 Å². The van der Waals surface area contributed by atoms with Crippen LogP contribution in [-0.4, -0.2) is 45.2 Å². The zero-order valence-corrected chi connectivity index (χ0v) is 17.9. The SMILES string of the molecule is CC(C)CN([C@H]1CCS(=O)(=O)C1)S(=O)(=O)c1ccc(C2CCCCC2)cc1. The summed E-state index contributed by atoms with van der Waals surface area (Å²) in [5.41, 5.74) is 1.22. The fourth-order valence-electron chi connectivity index (χ4n) is 4.29. The van der Waals surface area contributed by atoms with E-state index >= 15 is 0 Å². The minimum absolute atomic E-state index is 0.0703. The maximum absolute atomic E-state index is 13.3. The van der Waals surface area contributed by atoms with Gasteiger partial charge < -0.3 is 0 Å². The smallest absolute Gasteiger partial charge is 0.229 e. The topological polar surface area (TPSA) is 71.5 Å². The molecule has 1 aliphatic carbocycles. The Morgan fingerprint density at radius 1 is 1.04 bits per heavy atom. The molecule has 1 aromatic rings. The molecule has 7 heteroatoms. The van der Waals surface area contributed by atoms with Gasteiger partial charge in [-0.25, -0.2) is 16.8 Å². The Bertz CT molecular complexity index is 838. The summed E-state index contributed by atoms with van der Waals surface area (Å²) in [6.45, 7) is 4.25. The van der Waals surface area contributed by atoms with Gasteiger partial charge in [0.2, 0.25) is 10.0 Å². The molecule has 1 aromatic carbocycles. The number of rotatable bonds is 6. The molecule has 1 aliphatic heterocycles. The summed E-state index contributed by atoms with van der Waals surface area (Å²) in [5, 5.41) is 0. The van der Waals surface area contributed by atoms with Crippen LogP contribution in [0.2, 0.25) is 0 Å². The summed E-state index contributed by atoms with van der Waals surface area (Å²) in [7, 11) is -6.85. The second kappa shape index (κ2) is 8.21. The standard InChI is InChI=1S/C20H31NO4S2/c1-16(2)14-21(19-12-13-26(22,23)15-19)27(24,25)20-10-8-18(9-11-20)17-6-4-3-5-7-17/h8-11,16-17,19H,3-7,12-15H2,1-2H3/t19-/m0/s1. The first kappa shape index (κ1) is 20.8. The first-order valence-corrected chi connectivity index (χ1v) is 13.3. The van der Waals surface area contributed by atoms with E-state index in [0.717, 1.165) is 0 Å². The number of sulfonamides is 1. The van der Waals surface area contributed by atoms with Crippen LogP contribution in [0.5, 0.6) is 0 Å². The molecule has 3 rings (SSSR count). The predicted molar refractivity (Wildman–Crippen MR) is 108 cm³/mol. The van der Waals surface area contributed by atoms with E-state index in [1.165, 1.54) is 42.0 Å². The van der Waals surface area contributed by atoms with Crippen LogP contribution in [0, 0.1) is 5.92 Å². The highest BCUT2D eigenvalue weighted by molar-refractivity contribution is 7.92. The number of benzene rings is 1. The molecule has 2 aliphatic rings. The maximum Gasteiger partial charge on any atom is 0.243 e. The molecular formula is C20H31NO4S2. The average molecular weight is 414 g/mol. The molecule has 0 amide bonds. The maximum atomic E-state index is 13.3. The van der Waals surface area contributed by atoms with Crippen molar-refractivity contribution in [3.8, 4) is 0 Å². The molecule has 0 N–H and O–H groups in total. The van der Waals surface area contributed by atoms with Crippen LogP contribution in [0.25, 0.3) is 0 Å². The summed E-state index contributed by atoms with van der Waals surface area (Å²) in [4.78, 5) is 0.270. The Labute approximate surface area is 164 Å². The molecule has 0 unspecified atom stereocenters. The zero-order chi connectivity index (χ0) is 19.7. The van der Waals surface area contributed by atoms with Crippen molar-refractivity contribution in [2.45, 2.75) is 69.2 Å². The van der Waals surface area contributed by atoms with Gasteiger partial charge in [0.15, 0.2) is 9.84 Å². The molecule has 0 bridgehead atoms. The van der Waals surface area contributed by atoms with Crippen molar-refractivity contribution in [2.75, 3.05) is 18.1 Å². The quantitative estimate of drug-likeness (QED) is 0.715. The molecule has 27 heavy (non-hydrogen) atoms. The van der Waals surface area contributed by atoms with E-state index in [2.05, 4.69) is 0 Å². The van der Waals surface area contributed by atoms with E-state index in [1.807, 2.05) is 26.0 Å². The van der Waals surface area contributed by atoms with Gasteiger partial charge in [0, 0.05) is 12.6 Å². The average Bonchev–Trinajstić information content (AvgIpc) is 3.00. The minimum Gasteiger partial charge on any atom is -0.229 e. The minimum atomic E-state index is -3.71. The van der Waals surface area contributed by atoms with Crippen molar-refractivity contribution in [2.24, 2.45) is 5.92 Å². The van der Waals surface area contributed by atoms with Crippen molar-refractivity contribution < 1.29 is 16.8 Å². The zero-order valence-electron chi connectivity index (χ0n) is 16.3. The molecule has 2 fully saturated rings. The second-order valence-corrected chi connectivity index (χ2v) is 12.5. The van der Waals surface area contributed by atoms with Crippen LogP contribution in [-0.2, 0) is 19.9 Å². The largest absolute Gasteiger partial charge is 0.243 e. The number of sulfone groups is 1. The van der Waals surface area contributed by atoms with Gasteiger partial charge in [-0.1, -0.05) is 45.2 Å². The summed E-state index contributed by atoms with van der Waals surface area (Å²) >= 11 is 0. The van der Waals surface area contributed by atoms with Crippen LogP contribution < -0.4 is 0 Å². The Balaban J connectivity index is 1.85. The van der Waals surface area contributed by atoms with Gasteiger partial charge in [0.25, 0.3) is 0 Å². The number of nitrogens with zero attached hydrogens (tertiary/aromatic N) is 1. The lowest BCUT2D eigenvalue weighted by Crippen LogP contribution is -2.43. The number of hydrogen-bond acceptors (Lipinski definition) is 4. The third-order valence-electron chi connectivity index (χ3n) is 5.72. The molecular weight excluding hydrogens is 382 g/mol. The molecule has 1 heterocycles. The summed E-state index contributed by atoms with van der Waals surface area (Å²) in [6.07, 6.45) is 6.49. The second-order valence-electron chi connectivity index (χ2n) is 8.43. The lowest BCUT2D eigenvalue weighted by atomic mass is 9.84. The molecule has 1 saturated carbocycles. The van der Waals surface area contributed by atoms with Gasteiger partial charge in [-0.15, -0.1) is 0 Å². The van der Waals surface area contributed by atoms with Crippen molar-refractivity contribution in [3.05, 3.63) is 29.8 Å². The van der Waals surface area contributed by atoms with Crippen LogP contribution in [0.3, 0.4) is 0 Å². The Hall–Kier alpha value is -0.920. The normalized spacial score (nSPS) is 23.9. The summed E-state index contributed by atoms with van der Waals surface area (Å²) < 4.78 is 51.8. The Kier molecular flexibility index (Phi) is 6.33. The van der Waals surface area contributed by atoms with Gasteiger partial charge in [-0.2, -0.15) is 4.31 Å². The van der Waals surface area contributed by atoms with E-state index in [1.54, 1.807) is 12.1 Å². The molecule has 152 valence electrons. The lowest BCUT2D eigenvalue weighted by molar-refractivity contribution is 0.308.